The molecule has 0 aromatic heterocycles. The van der Waals surface area contributed by atoms with Crippen molar-refractivity contribution in [3.63, 3.8) is 0 Å². The lowest BCUT2D eigenvalue weighted by Crippen LogP contribution is -2.49. The number of anilines is 1. The zero-order valence-electron chi connectivity index (χ0n) is 19.2. The van der Waals surface area contributed by atoms with E-state index >= 15 is 0 Å². The first-order chi connectivity index (χ1) is 14.6. The van der Waals surface area contributed by atoms with Gasteiger partial charge in [0.15, 0.2) is 0 Å². The maximum Gasteiger partial charge on any atom is 0.244 e. The fourth-order valence-corrected chi connectivity index (χ4v) is 5.75. The number of aryl methyl sites for hydroxylation is 4. The number of benzene rings is 2. The van der Waals surface area contributed by atoms with Crippen LogP contribution in [-0.2, 0) is 27.7 Å². The molecule has 0 fully saturated rings. The van der Waals surface area contributed by atoms with E-state index in [0.717, 1.165) is 35.8 Å². The highest BCUT2D eigenvalue weighted by Gasteiger charge is 2.32. The number of amides is 1. The molecule has 0 heterocycles. The number of nitrogens with one attached hydrogen (secondary N) is 1. The normalized spacial score (nSPS) is 15.6. The molecule has 0 radical (unpaired) electrons. The third-order valence-corrected chi connectivity index (χ3v) is 7.20. The Kier molecular flexibility index (Phi) is 7.10. The van der Waals surface area contributed by atoms with Gasteiger partial charge in [0.2, 0.25) is 15.9 Å². The first kappa shape index (κ1) is 23.3. The van der Waals surface area contributed by atoms with Crippen LogP contribution in [0.5, 0.6) is 0 Å². The van der Waals surface area contributed by atoms with Gasteiger partial charge in [-0.1, -0.05) is 31.2 Å². The molecule has 0 saturated carbocycles. The molecule has 2 atom stereocenters. The lowest BCUT2D eigenvalue weighted by molar-refractivity contribution is -0.122. The molecule has 168 valence electrons. The van der Waals surface area contributed by atoms with Gasteiger partial charge in [-0.2, -0.15) is 0 Å². The molecule has 3 rings (SSSR count). The molecule has 0 spiro atoms. The van der Waals surface area contributed by atoms with Crippen LogP contribution in [0.1, 0.15) is 67.0 Å². The Morgan fingerprint density at radius 3 is 2.23 bits per heavy atom. The maximum atomic E-state index is 13.3. The van der Waals surface area contributed by atoms with E-state index in [1.165, 1.54) is 28.3 Å². The average molecular weight is 443 g/mol. The Balaban J connectivity index is 1.86. The van der Waals surface area contributed by atoms with Crippen LogP contribution < -0.4 is 9.62 Å². The van der Waals surface area contributed by atoms with Gasteiger partial charge in [0.25, 0.3) is 0 Å². The van der Waals surface area contributed by atoms with Crippen molar-refractivity contribution in [2.24, 2.45) is 0 Å². The largest absolute Gasteiger partial charge is 0.348 e. The number of sulfonamides is 1. The van der Waals surface area contributed by atoms with Crippen molar-refractivity contribution >= 4 is 21.6 Å². The Labute approximate surface area is 186 Å². The molecule has 2 aromatic carbocycles. The first-order valence-electron chi connectivity index (χ1n) is 11.1. The molecule has 1 aliphatic rings. The van der Waals surface area contributed by atoms with E-state index in [1.807, 2.05) is 45.9 Å². The molecular formula is C25H34N2O3S. The lowest BCUT2D eigenvalue weighted by atomic mass is 9.89. The fourth-order valence-electron chi connectivity index (χ4n) is 4.55. The van der Waals surface area contributed by atoms with Crippen molar-refractivity contribution in [1.82, 2.24) is 5.32 Å². The second-order valence-electron chi connectivity index (χ2n) is 8.79. The minimum Gasteiger partial charge on any atom is -0.348 e. The second kappa shape index (κ2) is 9.43. The van der Waals surface area contributed by atoms with E-state index in [4.69, 9.17) is 0 Å². The zero-order chi connectivity index (χ0) is 22.8. The van der Waals surface area contributed by atoms with E-state index < -0.39 is 16.1 Å². The number of fused-ring (bicyclic) bond motifs is 1. The molecular weight excluding hydrogens is 408 g/mol. The molecule has 0 saturated heterocycles. The summed E-state index contributed by atoms with van der Waals surface area (Å²) < 4.78 is 26.7. The van der Waals surface area contributed by atoms with Gasteiger partial charge in [0.05, 0.1) is 18.0 Å². The number of carbonyl (C=O) groups excluding carboxylic acids is 1. The molecule has 5 nitrogen and oxygen atoms in total. The number of carbonyl (C=O) groups is 1. The highest BCUT2D eigenvalue weighted by Crippen LogP contribution is 2.27. The number of hydrogen-bond donors (Lipinski definition) is 1. The minimum atomic E-state index is -3.65. The smallest absolute Gasteiger partial charge is 0.244 e. The van der Waals surface area contributed by atoms with Crippen molar-refractivity contribution in [1.29, 1.82) is 0 Å². The van der Waals surface area contributed by atoms with Crippen LogP contribution in [0.15, 0.2) is 36.4 Å². The first-order valence-corrected chi connectivity index (χ1v) is 12.9. The summed E-state index contributed by atoms with van der Waals surface area (Å²) in [4.78, 5) is 13.3. The summed E-state index contributed by atoms with van der Waals surface area (Å²) in [5, 5.41) is 3.06. The third kappa shape index (κ3) is 5.48. The van der Waals surface area contributed by atoms with Crippen molar-refractivity contribution in [2.75, 3.05) is 10.6 Å². The average Bonchev–Trinajstić information content (AvgIpc) is 2.69. The SMILES string of the molecule is CC[C@H](C(=O)N[C@@H](C)c1ccc2c(c1)CCCC2)N(c1cc(C)cc(C)c1)S(C)(=O)=O. The summed E-state index contributed by atoms with van der Waals surface area (Å²) in [6, 6.07) is 11.1. The van der Waals surface area contributed by atoms with Gasteiger partial charge >= 0.3 is 0 Å². The molecule has 1 aliphatic carbocycles. The van der Waals surface area contributed by atoms with Crippen LogP contribution in [0.2, 0.25) is 0 Å². The van der Waals surface area contributed by atoms with Crippen LogP contribution >= 0.6 is 0 Å². The predicted octanol–water partition coefficient (Wildman–Crippen LogP) is 4.60. The van der Waals surface area contributed by atoms with Crippen molar-refractivity contribution in [3.05, 3.63) is 64.2 Å². The van der Waals surface area contributed by atoms with Crippen molar-refractivity contribution in [3.8, 4) is 0 Å². The molecule has 2 aromatic rings. The Hall–Kier alpha value is -2.34. The molecule has 0 unspecified atom stereocenters. The topological polar surface area (TPSA) is 66.5 Å². The van der Waals surface area contributed by atoms with Gasteiger partial charge in [0.1, 0.15) is 6.04 Å². The van der Waals surface area contributed by atoms with Gasteiger partial charge < -0.3 is 5.32 Å². The van der Waals surface area contributed by atoms with Crippen LogP contribution in [0, 0.1) is 13.8 Å². The zero-order valence-corrected chi connectivity index (χ0v) is 20.1. The molecule has 31 heavy (non-hydrogen) atoms. The van der Waals surface area contributed by atoms with Gasteiger partial charge in [-0.05, 0) is 92.8 Å². The van der Waals surface area contributed by atoms with E-state index in [9.17, 15) is 13.2 Å². The summed E-state index contributed by atoms with van der Waals surface area (Å²) in [6.45, 7) is 7.65. The summed E-state index contributed by atoms with van der Waals surface area (Å²) in [6.07, 6.45) is 6.17. The standard InChI is InChI=1S/C25H34N2O3S/c1-6-24(27(31(5,29)30)23-14-17(2)13-18(3)15-23)25(28)26-19(4)21-12-11-20-9-7-8-10-22(20)16-21/h11-16,19,24H,6-10H2,1-5H3,(H,26,28)/t19-,24+/m0/s1. The summed E-state index contributed by atoms with van der Waals surface area (Å²) in [5.74, 6) is -0.280. The second-order valence-corrected chi connectivity index (χ2v) is 10.7. The minimum absolute atomic E-state index is 0.200. The van der Waals surface area contributed by atoms with Gasteiger partial charge in [0, 0.05) is 0 Å². The van der Waals surface area contributed by atoms with Crippen molar-refractivity contribution in [2.45, 2.75) is 71.9 Å². The molecule has 6 heteroatoms. The van der Waals surface area contributed by atoms with E-state index in [0.29, 0.717) is 12.1 Å². The maximum absolute atomic E-state index is 13.3. The highest BCUT2D eigenvalue weighted by atomic mass is 32.2. The molecule has 1 N–H and O–H groups in total. The van der Waals surface area contributed by atoms with E-state index in [2.05, 4.69) is 23.5 Å². The summed E-state index contributed by atoms with van der Waals surface area (Å²) in [5.41, 5.74) is 6.27. The monoisotopic (exact) mass is 442 g/mol. The third-order valence-electron chi connectivity index (χ3n) is 6.02. The molecule has 0 aliphatic heterocycles. The summed E-state index contributed by atoms with van der Waals surface area (Å²) in [7, 11) is -3.65. The van der Waals surface area contributed by atoms with Crippen LogP contribution in [0.3, 0.4) is 0 Å². The highest BCUT2D eigenvalue weighted by molar-refractivity contribution is 7.92. The Morgan fingerprint density at radius 2 is 1.65 bits per heavy atom. The molecule has 0 bridgehead atoms. The van der Waals surface area contributed by atoms with E-state index in [-0.39, 0.29) is 11.9 Å². The van der Waals surface area contributed by atoms with Crippen LogP contribution in [0.25, 0.3) is 0 Å². The summed E-state index contributed by atoms with van der Waals surface area (Å²) >= 11 is 0. The fraction of sp³-hybridized carbons (Fsp3) is 0.480. The molecule has 1 amide bonds. The van der Waals surface area contributed by atoms with Crippen molar-refractivity contribution < 1.29 is 13.2 Å². The number of nitrogens with zero attached hydrogens (tertiary/aromatic N) is 1. The quantitative estimate of drug-likeness (QED) is 0.681. The number of rotatable bonds is 7. The van der Waals surface area contributed by atoms with E-state index in [1.54, 1.807) is 0 Å². The predicted molar refractivity (Wildman–Crippen MR) is 127 cm³/mol. The van der Waals surface area contributed by atoms with Crippen LogP contribution in [0.4, 0.5) is 5.69 Å². The van der Waals surface area contributed by atoms with Crippen LogP contribution in [-0.4, -0.2) is 26.6 Å². The lowest BCUT2D eigenvalue weighted by Gasteiger charge is -2.31. The van der Waals surface area contributed by atoms with Gasteiger partial charge in [-0.25, -0.2) is 8.42 Å². The Morgan fingerprint density at radius 1 is 1.03 bits per heavy atom. The number of hydrogen-bond acceptors (Lipinski definition) is 3. The van der Waals surface area contributed by atoms with Gasteiger partial charge in [-0.3, -0.25) is 9.10 Å². The van der Waals surface area contributed by atoms with Gasteiger partial charge in [-0.15, -0.1) is 0 Å². The Bertz CT molecular complexity index is 1040.